The number of carbonyl (C=O) groups excluding carboxylic acids is 2. The average molecular weight is 525 g/mol. The molecule has 0 bridgehead atoms. The number of hydrogen-bond donors (Lipinski definition) is 1. The molecule has 3 rings (SSSR count). The molecule has 0 aliphatic carbocycles. The van der Waals surface area contributed by atoms with Crippen molar-refractivity contribution in [2.45, 2.75) is 96.6 Å². The smallest absolute Gasteiger partial charge is 0.254 e. The molecule has 0 spiro atoms. The highest BCUT2D eigenvalue weighted by molar-refractivity contribution is 5.94. The Kier molecular flexibility index (Phi) is 13.3. The lowest BCUT2D eigenvalue weighted by molar-refractivity contribution is -0.121. The van der Waals surface area contributed by atoms with Crippen LogP contribution >= 0.6 is 0 Å². The lowest BCUT2D eigenvalue weighted by atomic mass is 9.93. The molecule has 1 heterocycles. The quantitative estimate of drug-likeness (QED) is 0.231. The number of benzene rings is 2. The van der Waals surface area contributed by atoms with Crippen molar-refractivity contribution in [3.8, 4) is 0 Å². The van der Waals surface area contributed by atoms with E-state index < -0.39 is 0 Å². The van der Waals surface area contributed by atoms with Gasteiger partial charge in [0.1, 0.15) is 5.82 Å². The van der Waals surface area contributed by atoms with Gasteiger partial charge in [-0.25, -0.2) is 4.39 Å². The molecular weight excluding hydrogens is 479 g/mol. The van der Waals surface area contributed by atoms with Crippen LogP contribution in [-0.2, 0) is 22.5 Å². The summed E-state index contributed by atoms with van der Waals surface area (Å²) < 4.78 is 19.4. The zero-order valence-corrected chi connectivity index (χ0v) is 23.1. The largest absolute Gasteiger partial charge is 0.379 e. The molecule has 0 aromatic heterocycles. The molecule has 1 aliphatic heterocycles. The van der Waals surface area contributed by atoms with E-state index in [0.717, 1.165) is 57.1 Å². The van der Waals surface area contributed by atoms with Crippen molar-refractivity contribution >= 4 is 11.8 Å². The third-order valence-electron chi connectivity index (χ3n) is 7.31. The van der Waals surface area contributed by atoms with E-state index in [1.165, 1.54) is 43.4 Å². The summed E-state index contributed by atoms with van der Waals surface area (Å²) in [4.78, 5) is 26.8. The van der Waals surface area contributed by atoms with Gasteiger partial charge in [0.25, 0.3) is 5.91 Å². The minimum absolute atomic E-state index is 0.0313. The molecule has 2 aromatic carbocycles. The van der Waals surface area contributed by atoms with Crippen LogP contribution in [0.25, 0.3) is 0 Å². The zero-order valence-electron chi connectivity index (χ0n) is 23.1. The van der Waals surface area contributed by atoms with E-state index in [0.29, 0.717) is 31.7 Å². The summed E-state index contributed by atoms with van der Waals surface area (Å²) in [6.45, 7) is 4.69. The molecule has 1 N–H and O–H groups in total. The molecule has 2 aromatic rings. The third kappa shape index (κ3) is 10.2. The highest BCUT2D eigenvalue weighted by atomic mass is 19.1. The van der Waals surface area contributed by atoms with E-state index in [4.69, 9.17) is 4.74 Å². The van der Waals surface area contributed by atoms with Crippen molar-refractivity contribution in [3.05, 3.63) is 71.0 Å². The first-order valence-corrected chi connectivity index (χ1v) is 14.6. The van der Waals surface area contributed by atoms with Crippen LogP contribution in [0.15, 0.2) is 48.5 Å². The van der Waals surface area contributed by atoms with E-state index in [-0.39, 0.29) is 23.7 Å². The number of amides is 2. The average Bonchev–Trinajstić information content (AvgIpc) is 2.93. The molecule has 1 atom stereocenters. The molecule has 5 nitrogen and oxygen atoms in total. The number of nitrogens with one attached hydrogen (secondary N) is 1. The van der Waals surface area contributed by atoms with E-state index in [9.17, 15) is 14.0 Å². The first kappa shape index (κ1) is 29.8. The molecule has 0 saturated heterocycles. The van der Waals surface area contributed by atoms with Crippen molar-refractivity contribution in [1.29, 1.82) is 0 Å². The van der Waals surface area contributed by atoms with Gasteiger partial charge < -0.3 is 15.0 Å². The second-order valence-corrected chi connectivity index (χ2v) is 10.4. The highest BCUT2D eigenvalue weighted by Gasteiger charge is 2.30. The van der Waals surface area contributed by atoms with Gasteiger partial charge in [0.05, 0.1) is 12.6 Å². The van der Waals surface area contributed by atoms with Crippen LogP contribution in [0.5, 0.6) is 0 Å². The minimum atomic E-state index is -0.340. The van der Waals surface area contributed by atoms with Crippen LogP contribution in [-0.4, -0.2) is 42.5 Å². The number of rotatable bonds is 17. The first-order chi connectivity index (χ1) is 18.6. The summed E-state index contributed by atoms with van der Waals surface area (Å²) in [7, 11) is 0. The Hall–Kier alpha value is -2.73. The second kappa shape index (κ2) is 17.0. The normalized spacial score (nSPS) is 14.8. The van der Waals surface area contributed by atoms with Crippen molar-refractivity contribution in [2.75, 3.05) is 19.8 Å². The molecule has 1 aliphatic rings. The Morgan fingerprint density at radius 2 is 1.55 bits per heavy atom. The van der Waals surface area contributed by atoms with Gasteiger partial charge in [0.15, 0.2) is 0 Å². The number of ether oxygens (including phenoxy) is 1. The fraction of sp³-hybridized carbons (Fsp3) is 0.562. The van der Waals surface area contributed by atoms with Gasteiger partial charge in [-0.3, -0.25) is 9.59 Å². The maximum atomic E-state index is 13.4. The molecule has 6 heteroatoms. The van der Waals surface area contributed by atoms with Gasteiger partial charge in [-0.15, -0.1) is 0 Å². The maximum absolute atomic E-state index is 13.4. The van der Waals surface area contributed by atoms with Gasteiger partial charge in [0, 0.05) is 31.7 Å². The number of hydrogen-bond acceptors (Lipinski definition) is 3. The van der Waals surface area contributed by atoms with Crippen molar-refractivity contribution in [3.63, 3.8) is 0 Å². The van der Waals surface area contributed by atoms with Crippen molar-refractivity contribution in [1.82, 2.24) is 10.2 Å². The standard InChI is InChI=1S/C32H45FN2O3/c1-2-3-21-34-31(36)16-10-8-6-4-5-7-9-13-22-38-25-30-23-27-14-11-12-15-28(27)24-35(30)32(37)26-17-19-29(33)20-18-26/h11-12,14-15,17-20,30H,2-10,13,16,21-25H2,1H3,(H,34,36)/t30-/m0/s1. The molecule has 38 heavy (non-hydrogen) atoms. The number of halogens is 1. The maximum Gasteiger partial charge on any atom is 0.254 e. The fourth-order valence-electron chi connectivity index (χ4n) is 5.00. The highest BCUT2D eigenvalue weighted by Crippen LogP contribution is 2.25. The predicted molar refractivity (Wildman–Crippen MR) is 150 cm³/mol. The molecular formula is C32H45FN2O3. The minimum Gasteiger partial charge on any atom is -0.379 e. The van der Waals surface area contributed by atoms with Gasteiger partial charge in [-0.05, 0) is 61.1 Å². The molecule has 0 fully saturated rings. The van der Waals surface area contributed by atoms with Crippen molar-refractivity contribution < 1.29 is 18.7 Å². The van der Waals surface area contributed by atoms with Crippen LogP contribution in [0.4, 0.5) is 4.39 Å². The van der Waals surface area contributed by atoms with Gasteiger partial charge >= 0.3 is 0 Å². The molecule has 0 radical (unpaired) electrons. The zero-order chi connectivity index (χ0) is 27.0. The Labute approximate surface area is 228 Å². The molecule has 2 amide bonds. The Morgan fingerprint density at radius 1 is 0.895 bits per heavy atom. The third-order valence-corrected chi connectivity index (χ3v) is 7.31. The van der Waals surface area contributed by atoms with E-state index in [1.54, 1.807) is 12.1 Å². The fourth-order valence-corrected chi connectivity index (χ4v) is 5.00. The summed E-state index contributed by atoms with van der Waals surface area (Å²) in [6.07, 6.45) is 12.7. The second-order valence-electron chi connectivity index (χ2n) is 10.4. The molecule has 0 unspecified atom stereocenters. The summed E-state index contributed by atoms with van der Waals surface area (Å²) in [5.74, 6) is -0.225. The van der Waals surface area contributed by atoms with Crippen LogP contribution in [0, 0.1) is 5.82 Å². The topological polar surface area (TPSA) is 58.6 Å². The number of carbonyl (C=O) groups is 2. The summed E-state index contributed by atoms with van der Waals surface area (Å²) in [5, 5.41) is 2.98. The Bertz CT molecular complexity index is 979. The Morgan fingerprint density at radius 3 is 2.26 bits per heavy atom. The van der Waals surface area contributed by atoms with Gasteiger partial charge in [0.2, 0.25) is 5.91 Å². The Balaban J connectivity index is 1.29. The first-order valence-electron chi connectivity index (χ1n) is 14.6. The predicted octanol–water partition coefficient (Wildman–Crippen LogP) is 6.84. The number of fused-ring (bicyclic) bond motifs is 1. The molecule has 0 saturated carbocycles. The lowest BCUT2D eigenvalue weighted by Crippen LogP contribution is -2.46. The number of nitrogens with zero attached hydrogens (tertiary/aromatic N) is 1. The molecule has 208 valence electrons. The van der Waals surface area contributed by atoms with Crippen LogP contribution in [0.2, 0.25) is 0 Å². The number of unbranched alkanes of at least 4 members (excludes halogenated alkanes) is 8. The summed E-state index contributed by atoms with van der Waals surface area (Å²) >= 11 is 0. The van der Waals surface area contributed by atoms with Gasteiger partial charge in [-0.1, -0.05) is 76.1 Å². The lowest BCUT2D eigenvalue weighted by Gasteiger charge is -2.37. The van der Waals surface area contributed by atoms with Crippen molar-refractivity contribution in [2.24, 2.45) is 0 Å². The summed E-state index contributed by atoms with van der Waals surface area (Å²) in [5.41, 5.74) is 2.93. The van der Waals surface area contributed by atoms with Crippen LogP contribution < -0.4 is 5.32 Å². The van der Waals surface area contributed by atoms with Gasteiger partial charge in [-0.2, -0.15) is 0 Å². The van der Waals surface area contributed by atoms with E-state index in [1.807, 2.05) is 17.0 Å². The summed E-state index contributed by atoms with van der Waals surface area (Å²) in [6, 6.07) is 14.0. The monoisotopic (exact) mass is 524 g/mol. The van der Waals surface area contributed by atoms with E-state index in [2.05, 4.69) is 24.4 Å². The van der Waals surface area contributed by atoms with Crippen LogP contribution in [0.1, 0.15) is 99.0 Å². The van der Waals surface area contributed by atoms with E-state index >= 15 is 0 Å². The SMILES string of the molecule is CCCCNC(=O)CCCCCCCCCCOC[C@@H]1Cc2ccccc2CN1C(=O)c1ccc(F)cc1. The van der Waals surface area contributed by atoms with Crippen LogP contribution in [0.3, 0.4) is 0 Å².